The Morgan fingerprint density at radius 1 is 1.29 bits per heavy atom. The highest BCUT2D eigenvalue weighted by Gasteiger charge is 2.08. The van der Waals surface area contributed by atoms with Crippen LogP contribution in [0.2, 0.25) is 0 Å². The Bertz CT molecular complexity index is 120. The van der Waals surface area contributed by atoms with Gasteiger partial charge in [-0.1, -0.05) is 19.8 Å². The summed E-state index contributed by atoms with van der Waals surface area (Å²) in [5.74, 6) is 0. The lowest BCUT2D eigenvalue weighted by Gasteiger charge is -2.22. The van der Waals surface area contributed by atoms with E-state index in [0.717, 1.165) is 19.7 Å². The van der Waals surface area contributed by atoms with Crippen LogP contribution in [0.1, 0.15) is 33.1 Å². The van der Waals surface area contributed by atoms with Crippen LogP contribution in [-0.4, -0.2) is 44.3 Å². The van der Waals surface area contributed by atoms with Crippen molar-refractivity contribution in [3.05, 3.63) is 0 Å². The van der Waals surface area contributed by atoms with Crippen molar-refractivity contribution in [1.29, 1.82) is 0 Å². The molecule has 0 saturated carbocycles. The average Bonchev–Trinajstić information content (AvgIpc) is 2.17. The molecule has 86 valence electrons. The molecule has 0 saturated heterocycles. The molecule has 3 heteroatoms. The Balaban J connectivity index is 3.51. The Morgan fingerprint density at radius 3 is 2.50 bits per heavy atom. The van der Waals surface area contributed by atoms with Crippen LogP contribution < -0.4 is 5.73 Å². The molecule has 0 aliphatic carbocycles. The van der Waals surface area contributed by atoms with Gasteiger partial charge in [-0.15, -0.1) is 0 Å². The van der Waals surface area contributed by atoms with Gasteiger partial charge in [0.2, 0.25) is 0 Å². The quantitative estimate of drug-likeness (QED) is 0.575. The van der Waals surface area contributed by atoms with Gasteiger partial charge in [0.05, 0.1) is 6.10 Å². The number of nitrogens with zero attached hydrogens (tertiary/aromatic N) is 1. The lowest BCUT2D eigenvalue weighted by atomic mass is 10.2. The molecule has 14 heavy (non-hydrogen) atoms. The number of ether oxygens (including phenoxy) is 1. The molecule has 0 amide bonds. The summed E-state index contributed by atoms with van der Waals surface area (Å²) in [7, 11) is 2.14. The topological polar surface area (TPSA) is 38.5 Å². The highest BCUT2D eigenvalue weighted by atomic mass is 16.5. The summed E-state index contributed by atoms with van der Waals surface area (Å²) in [4.78, 5) is 2.31. The molecule has 0 spiro atoms. The maximum Gasteiger partial charge on any atom is 0.0823 e. The fourth-order valence-electron chi connectivity index (χ4n) is 1.50. The van der Waals surface area contributed by atoms with Crippen LogP contribution in [0.3, 0.4) is 0 Å². The van der Waals surface area contributed by atoms with E-state index in [1.54, 1.807) is 0 Å². The first kappa shape index (κ1) is 13.9. The summed E-state index contributed by atoms with van der Waals surface area (Å²) < 4.78 is 5.50. The number of nitrogens with two attached hydrogens (primary N) is 1. The third-order valence-corrected chi connectivity index (χ3v) is 2.32. The minimum absolute atomic E-state index is 0.201. The second-order valence-electron chi connectivity index (χ2n) is 3.78. The maximum atomic E-state index is 5.61. The molecule has 0 bridgehead atoms. The molecule has 0 fully saturated rings. The van der Waals surface area contributed by atoms with Gasteiger partial charge in [-0.25, -0.2) is 0 Å². The Hall–Kier alpha value is -0.120. The van der Waals surface area contributed by atoms with Crippen molar-refractivity contribution < 1.29 is 4.74 Å². The van der Waals surface area contributed by atoms with Crippen LogP contribution in [0.4, 0.5) is 0 Å². The summed E-state index contributed by atoms with van der Waals surface area (Å²) >= 11 is 0. The van der Waals surface area contributed by atoms with Gasteiger partial charge >= 0.3 is 0 Å². The van der Waals surface area contributed by atoms with Gasteiger partial charge in [-0.05, 0) is 26.9 Å². The third kappa shape index (κ3) is 7.30. The van der Waals surface area contributed by atoms with Gasteiger partial charge in [0.25, 0.3) is 0 Å². The molecular weight excluding hydrogens is 176 g/mol. The molecule has 0 aromatic carbocycles. The van der Waals surface area contributed by atoms with E-state index in [1.165, 1.54) is 19.3 Å². The van der Waals surface area contributed by atoms with E-state index >= 15 is 0 Å². The van der Waals surface area contributed by atoms with Crippen LogP contribution in [0.25, 0.3) is 0 Å². The summed E-state index contributed by atoms with van der Waals surface area (Å²) in [6, 6.07) is 0. The van der Waals surface area contributed by atoms with Crippen molar-refractivity contribution in [3.8, 4) is 0 Å². The van der Waals surface area contributed by atoms with Gasteiger partial charge in [0, 0.05) is 19.7 Å². The zero-order chi connectivity index (χ0) is 10.8. The van der Waals surface area contributed by atoms with Crippen molar-refractivity contribution in [2.24, 2.45) is 5.73 Å². The van der Waals surface area contributed by atoms with E-state index in [2.05, 4.69) is 18.9 Å². The standard InChI is InChI=1S/C11H26N2O/c1-4-6-7-8-13(3)10-11(9-12)14-5-2/h11H,4-10,12H2,1-3H3. The number of hydrogen-bond donors (Lipinski definition) is 1. The Labute approximate surface area is 88.6 Å². The minimum Gasteiger partial charge on any atom is -0.376 e. The van der Waals surface area contributed by atoms with Crippen LogP contribution >= 0.6 is 0 Å². The molecule has 3 nitrogen and oxygen atoms in total. The molecule has 2 N–H and O–H groups in total. The number of unbranched alkanes of at least 4 members (excludes halogenated alkanes) is 2. The number of rotatable bonds is 9. The predicted molar refractivity (Wildman–Crippen MR) is 61.5 cm³/mol. The van der Waals surface area contributed by atoms with Crippen molar-refractivity contribution in [3.63, 3.8) is 0 Å². The fraction of sp³-hybridized carbons (Fsp3) is 1.00. The minimum atomic E-state index is 0.201. The molecule has 0 aromatic rings. The molecular formula is C11H26N2O. The zero-order valence-electron chi connectivity index (χ0n) is 9.96. The number of likely N-dealkylation sites (N-methyl/N-ethyl adjacent to an activating group) is 1. The van der Waals surface area contributed by atoms with Crippen LogP contribution in [0, 0.1) is 0 Å². The maximum absolute atomic E-state index is 5.61. The average molecular weight is 202 g/mol. The monoisotopic (exact) mass is 202 g/mol. The lowest BCUT2D eigenvalue weighted by molar-refractivity contribution is 0.0450. The highest BCUT2D eigenvalue weighted by Crippen LogP contribution is 1.99. The summed E-state index contributed by atoms with van der Waals surface area (Å²) in [6.45, 7) is 7.71. The summed E-state index contributed by atoms with van der Waals surface area (Å²) in [6.07, 6.45) is 4.06. The van der Waals surface area contributed by atoms with Gasteiger partial charge in [-0.2, -0.15) is 0 Å². The van der Waals surface area contributed by atoms with Gasteiger partial charge in [0.1, 0.15) is 0 Å². The van der Waals surface area contributed by atoms with Gasteiger partial charge < -0.3 is 15.4 Å². The Morgan fingerprint density at radius 2 is 2.00 bits per heavy atom. The smallest absolute Gasteiger partial charge is 0.0823 e. The zero-order valence-corrected chi connectivity index (χ0v) is 9.96. The van der Waals surface area contributed by atoms with E-state index in [1.807, 2.05) is 6.92 Å². The SMILES string of the molecule is CCCCCN(C)CC(CN)OCC. The highest BCUT2D eigenvalue weighted by molar-refractivity contribution is 4.63. The second-order valence-corrected chi connectivity index (χ2v) is 3.78. The van der Waals surface area contributed by atoms with E-state index in [0.29, 0.717) is 6.54 Å². The molecule has 0 heterocycles. The van der Waals surface area contributed by atoms with E-state index < -0.39 is 0 Å². The van der Waals surface area contributed by atoms with Gasteiger partial charge in [0.15, 0.2) is 0 Å². The predicted octanol–water partition coefficient (Wildman–Crippen LogP) is 1.47. The molecule has 1 atom stereocenters. The third-order valence-electron chi connectivity index (χ3n) is 2.32. The molecule has 0 aliphatic rings. The van der Waals surface area contributed by atoms with Crippen molar-refractivity contribution >= 4 is 0 Å². The first-order valence-corrected chi connectivity index (χ1v) is 5.74. The summed E-state index contributed by atoms with van der Waals surface area (Å²) in [5.41, 5.74) is 5.61. The molecule has 0 rings (SSSR count). The molecule has 1 unspecified atom stereocenters. The van der Waals surface area contributed by atoms with Crippen molar-refractivity contribution in [2.75, 3.05) is 33.3 Å². The largest absolute Gasteiger partial charge is 0.376 e. The molecule has 0 aliphatic heterocycles. The van der Waals surface area contributed by atoms with Crippen LogP contribution in [0.5, 0.6) is 0 Å². The van der Waals surface area contributed by atoms with Gasteiger partial charge in [-0.3, -0.25) is 0 Å². The first-order chi connectivity index (χ1) is 6.74. The van der Waals surface area contributed by atoms with Crippen LogP contribution in [-0.2, 0) is 4.74 Å². The second kappa shape index (κ2) is 9.44. The van der Waals surface area contributed by atoms with E-state index in [-0.39, 0.29) is 6.10 Å². The number of hydrogen-bond acceptors (Lipinski definition) is 3. The summed E-state index contributed by atoms with van der Waals surface area (Å²) in [5, 5.41) is 0. The Kier molecular flexibility index (Phi) is 9.35. The first-order valence-electron chi connectivity index (χ1n) is 5.74. The fourth-order valence-corrected chi connectivity index (χ4v) is 1.50. The van der Waals surface area contributed by atoms with Crippen molar-refractivity contribution in [1.82, 2.24) is 4.90 Å². The van der Waals surface area contributed by atoms with E-state index in [9.17, 15) is 0 Å². The van der Waals surface area contributed by atoms with Crippen LogP contribution in [0.15, 0.2) is 0 Å². The van der Waals surface area contributed by atoms with Crippen molar-refractivity contribution in [2.45, 2.75) is 39.2 Å². The molecule has 0 aromatic heterocycles. The normalized spacial score (nSPS) is 13.5. The lowest BCUT2D eigenvalue weighted by Crippen LogP contribution is -2.36. The van der Waals surface area contributed by atoms with E-state index in [4.69, 9.17) is 10.5 Å². The molecule has 0 radical (unpaired) electrons.